The van der Waals surface area contributed by atoms with Crippen molar-refractivity contribution in [3.8, 4) is 0 Å². The van der Waals surface area contributed by atoms with Crippen molar-refractivity contribution in [2.45, 2.75) is 12.6 Å². The van der Waals surface area contributed by atoms with Crippen molar-refractivity contribution >= 4 is 5.91 Å². The van der Waals surface area contributed by atoms with Gasteiger partial charge in [-0.25, -0.2) is 0 Å². The Morgan fingerprint density at radius 1 is 1.17 bits per heavy atom. The molecule has 4 heteroatoms. The van der Waals surface area contributed by atoms with Crippen molar-refractivity contribution in [2.24, 2.45) is 5.73 Å². The lowest BCUT2D eigenvalue weighted by Gasteiger charge is -2.12. The highest BCUT2D eigenvalue weighted by Gasteiger charge is 2.14. The van der Waals surface area contributed by atoms with Crippen LogP contribution in [-0.4, -0.2) is 10.9 Å². The minimum atomic E-state index is -0.631. The van der Waals surface area contributed by atoms with E-state index in [-0.39, 0.29) is 5.91 Å². The number of benzene rings is 1. The summed E-state index contributed by atoms with van der Waals surface area (Å²) >= 11 is 0. The molecule has 0 fully saturated rings. The molecule has 92 valence electrons. The summed E-state index contributed by atoms with van der Waals surface area (Å²) in [5.41, 5.74) is 7.69. The third-order valence-electron chi connectivity index (χ3n) is 2.66. The van der Waals surface area contributed by atoms with Gasteiger partial charge in [-0.3, -0.25) is 9.78 Å². The minimum absolute atomic E-state index is 0.182. The second-order valence-electron chi connectivity index (χ2n) is 3.96. The molecule has 1 amide bonds. The fourth-order valence-corrected chi connectivity index (χ4v) is 1.61. The molecule has 0 aliphatic heterocycles. The summed E-state index contributed by atoms with van der Waals surface area (Å²) in [6.45, 7) is 0.460. The number of nitrogens with zero attached hydrogens (tertiary/aromatic N) is 1. The lowest BCUT2D eigenvalue weighted by Crippen LogP contribution is -2.33. The van der Waals surface area contributed by atoms with Gasteiger partial charge in [0.25, 0.3) is 0 Å². The van der Waals surface area contributed by atoms with Crippen molar-refractivity contribution < 1.29 is 4.79 Å². The van der Waals surface area contributed by atoms with Crippen molar-refractivity contribution in [1.29, 1.82) is 0 Å². The van der Waals surface area contributed by atoms with Crippen molar-refractivity contribution in [1.82, 2.24) is 10.3 Å². The number of nitrogens with one attached hydrogen (secondary N) is 1. The fourth-order valence-electron chi connectivity index (χ4n) is 1.61. The summed E-state index contributed by atoms with van der Waals surface area (Å²) in [5, 5.41) is 2.81. The van der Waals surface area contributed by atoms with Crippen molar-refractivity contribution in [2.75, 3.05) is 0 Å². The van der Waals surface area contributed by atoms with Gasteiger partial charge >= 0.3 is 0 Å². The van der Waals surface area contributed by atoms with E-state index in [2.05, 4.69) is 10.3 Å². The van der Waals surface area contributed by atoms with Gasteiger partial charge in [0, 0.05) is 18.9 Å². The van der Waals surface area contributed by atoms with Crippen LogP contribution < -0.4 is 11.1 Å². The summed E-state index contributed by atoms with van der Waals surface area (Å²) in [6, 6.07) is 12.4. The Labute approximate surface area is 106 Å². The van der Waals surface area contributed by atoms with Crippen molar-refractivity contribution in [3.05, 3.63) is 66.0 Å². The third-order valence-corrected chi connectivity index (χ3v) is 2.66. The number of carbonyl (C=O) groups is 1. The van der Waals surface area contributed by atoms with Crippen LogP contribution in [-0.2, 0) is 11.3 Å². The second-order valence-corrected chi connectivity index (χ2v) is 3.96. The molecule has 2 aromatic rings. The monoisotopic (exact) mass is 241 g/mol. The van der Waals surface area contributed by atoms with E-state index in [1.54, 1.807) is 12.4 Å². The highest BCUT2D eigenvalue weighted by Crippen LogP contribution is 2.09. The van der Waals surface area contributed by atoms with E-state index < -0.39 is 6.04 Å². The number of carbonyl (C=O) groups excluding carboxylic acids is 1. The quantitative estimate of drug-likeness (QED) is 0.850. The van der Waals surface area contributed by atoms with Crippen LogP contribution in [0.3, 0.4) is 0 Å². The maximum atomic E-state index is 11.9. The van der Waals surface area contributed by atoms with Gasteiger partial charge in [-0.2, -0.15) is 0 Å². The Balaban J connectivity index is 1.93. The summed E-state index contributed by atoms with van der Waals surface area (Å²) in [5.74, 6) is -0.182. The molecule has 1 aromatic carbocycles. The first-order chi connectivity index (χ1) is 8.77. The summed E-state index contributed by atoms with van der Waals surface area (Å²) in [4.78, 5) is 15.8. The van der Waals surface area contributed by atoms with E-state index in [9.17, 15) is 4.79 Å². The molecule has 0 saturated heterocycles. The van der Waals surface area contributed by atoms with Crippen LogP contribution in [0, 0.1) is 0 Å². The van der Waals surface area contributed by atoms with E-state index in [1.165, 1.54) is 0 Å². The molecule has 0 aliphatic carbocycles. The van der Waals surface area contributed by atoms with E-state index in [4.69, 9.17) is 5.73 Å². The second kappa shape index (κ2) is 5.93. The zero-order valence-corrected chi connectivity index (χ0v) is 9.91. The average molecular weight is 241 g/mol. The lowest BCUT2D eigenvalue weighted by atomic mass is 10.1. The molecule has 0 unspecified atom stereocenters. The number of amides is 1. The molecule has 0 bridgehead atoms. The first kappa shape index (κ1) is 12.3. The highest BCUT2D eigenvalue weighted by molar-refractivity contribution is 5.82. The maximum absolute atomic E-state index is 11.9. The Bertz CT molecular complexity index is 499. The molecule has 0 aliphatic rings. The number of pyridine rings is 1. The number of aromatic nitrogens is 1. The SMILES string of the molecule is N[C@H](C(=O)NCc1ccncc1)c1ccccc1. The zero-order chi connectivity index (χ0) is 12.8. The summed E-state index contributed by atoms with van der Waals surface area (Å²) in [6.07, 6.45) is 3.39. The standard InChI is InChI=1S/C14H15N3O/c15-13(12-4-2-1-3-5-12)14(18)17-10-11-6-8-16-9-7-11/h1-9,13H,10,15H2,(H,17,18)/t13-/m0/s1. The number of hydrogen-bond donors (Lipinski definition) is 2. The molecular weight excluding hydrogens is 226 g/mol. The maximum Gasteiger partial charge on any atom is 0.241 e. The van der Waals surface area contributed by atoms with Crippen LogP contribution in [0.2, 0.25) is 0 Å². The van der Waals surface area contributed by atoms with Crippen LogP contribution in [0.1, 0.15) is 17.2 Å². The van der Waals surface area contributed by atoms with Crippen LogP contribution in [0.5, 0.6) is 0 Å². The minimum Gasteiger partial charge on any atom is -0.350 e. The molecule has 1 heterocycles. The Morgan fingerprint density at radius 2 is 1.83 bits per heavy atom. The molecule has 0 spiro atoms. The molecule has 2 rings (SSSR count). The van der Waals surface area contributed by atoms with E-state index >= 15 is 0 Å². The van der Waals surface area contributed by atoms with Crippen LogP contribution in [0.4, 0.5) is 0 Å². The average Bonchev–Trinajstić information content (AvgIpc) is 2.46. The highest BCUT2D eigenvalue weighted by atomic mass is 16.2. The number of rotatable bonds is 4. The van der Waals surface area contributed by atoms with E-state index in [1.807, 2.05) is 42.5 Å². The fraction of sp³-hybridized carbons (Fsp3) is 0.143. The largest absolute Gasteiger partial charge is 0.350 e. The predicted molar refractivity (Wildman–Crippen MR) is 69.5 cm³/mol. The molecule has 0 radical (unpaired) electrons. The number of hydrogen-bond acceptors (Lipinski definition) is 3. The first-order valence-corrected chi connectivity index (χ1v) is 5.74. The molecule has 3 N–H and O–H groups in total. The normalized spacial score (nSPS) is 11.8. The molecule has 0 saturated carbocycles. The first-order valence-electron chi connectivity index (χ1n) is 5.74. The van der Waals surface area contributed by atoms with Gasteiger partial charge in [0.15, 0.2) is 0 Å². The molecule has 1 atom stereocenters. The van der Waals surface area contributed by atoms with Crippen molar-refractivity contribution in [3.63, 3.8) is 0 Å². The topological polar surface area (TPSA) is 68.0 Å². The zero-order valence-electron chi connectivity index (χ0n) is 9.91. The Hall–Kier alpha value is -2.20. The molecule has 4 nitrogen and oxygen atoms in total. The summed E-state index contributed by atoms with van der Waals surface area (Å²) in [7, 11) is 0. The molecule has 18 heavy (non-hydrogen) atoms. The van der Waals surface area contributed by atoms with Crippen LogP contribution >= 0.6 is 0 Å². The molecular formula is C14H15N3O. The van der Waals surface area contributed by atoms with Crippen LogP contribution in [0.15, 0.2) is 54.9 Å². The van der Waals surface area contributed by atoms with Gasteiger partial charge in [-0.1, -0.05) is 30.3 Å². The number of nitrogens with two attached hydrogens (primary N) is 1. The summed E-state index contributed by atoms with van der Waals surface area (Å²) < 4.78 is 0. The predicted octanol–water partition coefficient (Wildman–Crippen LogP) is 1.40. The smallest absolute Gasteiger partial charge is 0.241 e. The van der Waals surface area contributed by atoms with Gasteiger partial charge in [-0.05, 0) is 23.3 Å². The van der Waals surface area contributed by atoms with Crippen LogP contribution in [0.25, 0.3) is 0 Å². The van der Waals surface area contributed by atoms with Gasteiger partial charge in [0.05, 0.1) is 0 Å². The van der Waals surface area contributed by atoms with E-state index in [0.29, 0.717) is 6.54 Å². The Morgan fingerprint density at radius 3 is 2.50 bits per heavy atom. The van der Waals surface area contributed by atoms with Gasteiger partial charge in [0.1, 0.15) is 6.04 Å². The third kappa shape index (κ3) is 3.15. The van der Waals surface area contributed by atoms with E-state index in [0.717, 1.165) is 11.1 Å². The Kier molecular flexibility index (Phi) is 4.04. The molecule has 1 aromatic heterocycles. The van der Waals surface area contributed by atoms with Gasteiger partial charge in [0.2, 0.25) is 5.91 Å². The van der Waals surface area contributed by atoms with Gasteiger partial charge < -0.3 is 11.1 Å². The lowest BCUT2D eigenvalue weighted by molar-refractivity contribution is -0.122. The van der Waals surface area contributed by atoms with Gasteiger partial charge in [-0.15, -0.1) is 0 Å².